The highest BCUT2D eigenvalue weighted by atomic mass is 32.2. The Bertz CT molecular complexity index is 879. The predicted octanol–water partition coefficient (Wildman–Crippen LogP) is 2.74. The molecule has 0 radical (unpaired) electrons. The van der Waals surface area contributed by atoms with Crippen LogP contribution >= 0.6 is 0 Å². The fraction of sp³-hybridized carbons (Fsp3) is 0.0714. The fourth-order valence-corrected chi connectivity index (χ4v) is 2.85. The smallest absolute Gasteiger partial charge is 0.295 e. The summed E-state index contributed by atoms with van der Waals surface area (Å²) >= 11 is 0. The molecule has 0 aliphatic heterocycles. The van der Waals surface area contributed by atoms with Crippen LogP contribution in [0.5, 0.6) is 0 Å². The molecule has 2 aromatic carbocycles. The third-order valence-corrected chi connectivity index (χ3v) is 4.36. The standard InChI is InChI=1S/C14H11FN2O5S/c1-9(18)10-2-5-12(6-3-10)23(21,22)16-11-4-7-13(15)14(8-11)17(19)20/h2-8,16H,1H3. The van der Waals surface area contributed by atoms with Crippen LogP contribution in [-0.2, 0) is 10.0 Å². The molecule has 0 atom stereocenters. The van der Waals surface area contributed by atoms with E-state index < -0.39 is 26.5 Å². The second-order valence-electron chi connectivity index (χ2n) is 4.61. The third-order valence-electron chi connectivity index (χ3n) is 2.97. The third kappa shape index (κ3) is 3.69. The topological polar surface area (TPSA) is 106 Å². The highest BCUT2D eigenvalue weighted by molar-refractivity contribution is 7.92. The molecule has 9 heteroatoms. The summed E-state index contributed by atoms with van der Waals surface area (Å²) in [6, 6.07) is 7.83. The van der Waals surface area contributed by atoms with Crippen molar-refractivity contribution in [3.63, 3.8) is 0 Å². The molecular weight excluding hydrogens is 327 g/mol. The number of halogens is 1. The van der Waals surface area contributed by atoms with Crippen LogP contribution in [0, 0.1) is 15.9 Å². The maximum absolute atomic E-state index is 13.2. The van der Waals surface area contributed by atoms with Gasteiger partial charge in [-0.3, -0.25) is 19.6 Å². The number of nitro groups is 1. The summed E-state index contributed by atoms with van der Waals surface area (Å²) in [6.45, 7) is 1.35. The zero-order valence-electron chi connectivity index (χ0n) is 11.8. The molecule has 2 aromatic rings. The number of hydrogen-bond donors (Lipinski definition) is 1. The van der Waals surface area contributed by atoms with Crippen molar-refractivity contribution < 1.29 is 22.5 Å². The maximum atomic E-state index is 13.2. The summed E-state index contributed by atoms with van der Waals surface area (Å²) in [5.41, 5.74) is -0.632. The molecule has 0 aromatic heterocycles. The van der Waals surface area contributed by atoms with Crippen molar-refractivity contribution in [3.05, 3.63) is 64.0 Å². The van der Waals surface area contributed by atoms with Gasteiger partial charge >= 0.3 is 5.69 Å². The number of hydrogen-bond acceptors (Lipinski definition) is 5. The van der Waals surface area contributed by atoms with Gasteiger partial charge in [0.15, 0.2) is 5.78 Å². The molecule has 0 aliphatic carbocycles. The van der Waals surface area contributed by atoms with Crippen molar-refractivity contribution in [1.29, 1.82) is 0 Å². The Labute approximate surface area is 131 Å². The molecule has 2 rings (SSSR count). The summed E-state index contributed by atoms with van der Waals surface area (Å²) in [5.74, 6) is -1.28. The van der Waals surface area contributed by atoms with Crippen molar-refractivity contribution >= 4 is 27.2 Å². The molecule has 0 aliphatic rings. The summed E-state index contributed by atoms with van der Waals surface area (Å²) < 4.78 is 39.7. The van der Waals surface area contributed by atoms with Gasteiger partial charge in [-0.15, -0.1) is 0 Å². The number of anilines is 1. The van der Waals surface area contributed by atoms with Crippen LogP contribution in [0.1, 0.15) is 17.3 Å². The SMILES string of the molecule is CC(=O)c1ccc(S(=O)(=O)Nc2ccc(F)c([N+](=O)[O-])c2)cc1. The van der Waals surface area contributed by atoms with Crippen LogP contribution in [0.2, 0.25) is 0 Å². The van der Waals surface area contributed by atoms with E-state index in [9.17, 15) is 27.7 Å². The lowest BCUT2D eigenvalue weighted by molar-refractivity contribution is -0.387. The number of nitrogens with one attached hydrogen (secondary N) is 1. The zero-order valence-corrected chi connectivity index (χ0v) is 12.6. The van der Waals surface area contributed by atoms with Gasteiger partial charge in [0, 0.05) is 11.6 Å². The summed E-state index contributed by atoms with van der Waals surface area (Å²) in [5, 5.41) is 10.7. The quantitative estimate of drug-likeness (QED) is 0.512. The van der Waals surface area contributed by atoms with Gasteiger partial charge in [0.05, 0.1) is 15.5 Å². The van der Waals surface area contributed by atoms with Crippen LogP contribution in [0.25, 0.3) is 0 Å². The normalized spacial score (nSPS) is 11.0. The molecule has 1 N–H and O–H groups in total. The van der Waals surface area contributed by atoms with Crippen LogP contribution < -0.4 is 4.72 Å². The zero-order chi connectivity index (χ0) is 17.2. The second-order valence-corrected chi connectivity index (χ2v) is 6.29. The van der Waals surface area contributed by atoms with Gasteiger partial charge in [-0.1, -0.05) is 12.1 Å². The van der Waals surface area contributed by atoms with Crippen LogP contribution in [-0.4, -0.2) is 19.1 Å². The van der Waals surface area contributed by atoms with E-state index in [2.05, 4.69) is 4.72 Å². The minimum absolute atomic E-state index is 0.130. The lowest BCUT2D eigenvalue weighted by Gasteiger charge is -2.08. The molecule has 23 heavy (non-hydrogen) atoms. The number of nitrogens with zero attached hydrogens (tertiary/aromatic N) is 1. The number of benzene rings is 2. The molecule has 0 saturated carbocycles. The van der Waals surface area contributed by atoms with E-state index in [4.69, 9.17) is 0 Å². The van der Waals surface area contributed by atoms with Crippen LogP contribution in [0.4, 0.5) is 15.8 Å². The average molecular weight is 338 g/mol. The van der Waals surface area contributed by atoms with Gasteiger partial charge in [0.1, 0.15) is 0 Å². The van der Waals surface area contributed by atoms with Crippen molar-refractivity contribution in [1.82, 2.24) is 0 Å². The molecule has 0 unspecified atom stereocenters. The van der Waals surface area contributed by atoms with E-state index in [1.807, 2.05) is 0 Å². The highest BCUT2D eigenvalue weighted by Gasteiger charge is 2.19. The van der Waals surface area contributed by atoms with E-state index >= 15 is 0 Å². The number of carbonyl (C=O) groups is 1. The first kappa shape index (κ1) is 16.6. The molecule has 0 spiro atoms. The molecule has 0 fully saturated rings. The highest BCUT2D eigenvalue weighted by Crippen LogP contribution is 2.24. The fourth-order valence-electron chi connectivity index (χ4n) is 1.80. The van der Waals surface area contributed by atoms with Crippen molar-refractivity contribution in [2.45, 2.75) is 11.8 Å². The van der Waals surface area contributed by atoms with Crippen LogP contribution in [0.3, 0.4) is 0 Å². The lowest BCUT2D eigenvalue weighted by atomic mass is 10.2. The van der Waals surface area contributed by atoms with E-state index in [0.29, 0.717) is 5.56 Å². The number of carbonyl (C=O) groups excluding carboxylic acids is 1. The summed E-state index contributed by atoms with van der Waals surface area (Å²) in [4.78, 5) is 20.8. The van der Waals surface area contributed by atoms with E-state index in [-0.39, 0.29) is 16.4 Å². The van der Waals surface area contributed by atoms with E-state index in [1.54, 1.807) is 0 Å². The Morgan fingerprint density at radius 1 is 1.17 bits per heavy atom. The number of Topliss-reactive ketones (excluding diaryl/α,β-unsaturated/α-hetero) is 1. The maximum Gasteiger partial charge on any atom is 0.306 e. The number of sulfonamides is 1. The lowest BCUT2D eigenvalue weighted by Crippen LogP contribution is -2.13. The van der Waals surface area contributed by atoms with E-state index in [1.165, 1.54) is 31.2 Å². The van der Waals surface area contributed by atoms with Crippen LogP contribution in [0.15, 0.2) is 47.4 Å². The van der Waals surface area contributed by atoms with E-state index in [0.717, 1.165) is 18.2 Å². The molecule has 7 nitrogen and oxygen atoms in total. The second kappa shape index (κ2) is 6.13. The minimum atomic E-state index is -4.02. The molecule has 0 saturated heterocycles. The van der Waals surface area contributed by atoms with Gasteiger partial charge in [-0.25, -0.2) is 8.42 Å². The Hall–Kier alpha value is -2.81. The number of rotatable bonds is 5. The first-order chi connectivity index (χ1) is 10.7. The van der Waals surface area contributed by atoms with Gasteiger partial charge in [-0.2, -0.15) is 4.39 Å². The van der Waals surface area contributed by atoms with Gasteiger partial charge in [0.25, 0.3) is 10.0 Å². The van der Waals surface area contributed by atoms with Crippen molar-refractivity contribution in [2.75, 3.05) is 4.72 Å². The first-order valence-electron chi connectivity index (χ1n) is 6.28. The molecular formula is C14H11FN2O5S. The first-order valence-corrected chi connectivity index (χ1v) is 7.77. The minimum Gasteiger partial charge on any atom is -0.295 e. The largest absolute Gasteiger partial charge is 0.306 e. The summed E-state index contributed by atoms with van der Waals surface area (Å²) in [6.07, 6.45) is 0. The average Bonchev–Trinajstić information content (AvgIpc) is 2.48. The van der Waals surface area contributed by atoms with Gasteiger partial charge in [-0.05, 0) is 31.2 Å². The molecule has 0 amide bonds. The number of ketones is 1. The molecule has 0 bridgehead atoms. The Balaban J connectivity index is 2.33. The van der Waals surface area contributed by atoms with Crippen molar-refractivity contribution in [3.8, 4) is 0 Å². The predicted molar refractivity (Wildman–Crippen MR) is 80.3 cm³/mol. The monoisotopic (exact) mass is 338 g/mol. The Kier molecular flexibility index (Phi) is 4.41. The van der Waals surface area contributed by atoms with Gasteiger partial charge < -0.3 is 0 Å². The molecule has 0 heterocycles. The Morgan fingerprint density at radius 2 is 1.78 bits per heavy atom. The van der Waals surface area contributed by atoms with Gasteiger partial charge in [0.2, 0.25) is 5.82 Å². The summed E-state index contributed by atoms with van der Waals surface area (Å²) in [7, 11) is -4.02. The van der Waals surface area contributed by atoms with Crippen molar-refractivity contribution in [2.24, 2.45) is 0 Å². The molecule has 120 valence electrons. The Morgan fingerprint density at radius 3 is 2.30 bits per heavy atom. The number of nitro benzene ring substituents is 1.